The topological polar surface area (TPSA) is 55.4 Å². The van der Waals surface area contributed by atoms with Crippen LogP contribution in [0.15, 0.2) is 0 Å². The first kappa shape index (κ1) is 15.0. The minimum absolute atomic E-state index is 0.0850. The van der Waals surface area contributed by atoms with Crippen LogP contribution in [0.3, 0.4) is 0 Å². The molecular weight excluding hydrogens is 230 g/mol. The molecule has 4 nitrogen and oxygen atoms in total. The second-order valence-electron chi connectivity index (χ2n) is 6.08. The zero-order valence-corrected chi connectivity index (χ0v) is 11.8. The normalized spacial score (nSPS) is 16.6. The van der Waals surface area contributed by atoms with Gasteiger partial charge in [-0.2, -0.15) is 0 Å². The van der Waals surface area contributed by atoms with E-state index in [-0.39, 0.29) is 12.3 Å². The van der Waals surface area contributed by atoms with Gasteiger partial charge in [0.2, 0.25) is 0 Å². The van der Waals surface area contributed by atoms with Crippen LogP contribution < -0.4 is 5.32 Å². The molecule has 0 spiro atoms. The number of hydrogen-bond donors (Lipinski definition) is 1. The fourth-order valence-electron chi connectivity index (χ4n) is 2.24. The molecular formula is C14H25NO3. The first-order valence-corrected chi connectivity index (χ1v) is 6.85. The molecule has 0 aromatic heterocycles. The van der Waals surface area contributed by atoms with Gasteiger partial charge in [0, 0.05) is 6.42 Å². The fourth-order valence-corrected chi connectivity index (χ4v) is 2.24. The van der Waals surface area contributed by atoms with Gasteiger partial charge in [-0.3, -0.25) is 4.79 Å². The summed E-state index contributed by atoms with van der Waals surface area (Å²) in [6.07, 6.45) is 6.13. The zero-order valence-electron chi connectivity index (χ0n) is 11.8. The van der Waals surface area contributed by atoms with Gasteiger partial charge in [-0.25, -0.2) is 4.79 Å². The Balaban J connectivity index is 2.10. The second-order valence-corrected chi connectivity index (χ2v) is 6.08. The summed E-state index contributed by atoms with van der Waals surface area (Å²) >= 11 is 0. The van der Waals surface area contributed by atoms with E-state index in [1.807, 2.05) is 0 Å². The summed E-state index contributed by atoms with van der Waals surface area (Å²) < 4.78 is 5.06. The van der Waals surface area contributed by atoms with Crippen LogP contribution in [0.1, 0.15) is 59.3 Å². The molecule has 0 bridgehead atoms. The summed E-state index contributed by atoms with van der Waals surface area (Å²) in [6.45, 7) is 5.49. The van der Waals surface area contributed by atoms with Crippen molar-refractivity contribution in [1.82, 2.24) is 5.32 Å². The fraction of sp³-hybridized carbons (Fsp3) is 0.857. The monoisotopic (exact) mass is 255 g/mol. The smallest absolute Gasteiger partial charge is 0.408 e. The lowest BCUT2D eigenvalue weighted by Crippen LogP contribution is -2.35. The third-order valence-electron chi connectivity index (χ3n) is 3.13. The third kappa shape index (κ3) is 6.62. The maximum Gasteiger partial charge on any atom is 0.408 e. The Kier molecular flexibility index (Phi) is 5.63. The number of ether oxygens (including phenoxy) is 1. The van der Waals surface area contributed by atoms with Crippen molar-refractivity contribution in [3.8, 4) is 0 Å². The lowest BCUT2D eigenvalue weighted by atomic mass is 10.0. The number of hydrogen-bond acceptors (Lipinski definition) is 3. The number of Topliss-reactive ketones (excluding diaryl/α,β-unsaturated/α-hetero) is 1. The number of ketones is 1. The van der Waals surface area contributed by atoms with E-state index < -0.39 is 11.7 Å². The molecule has 0 aromatic carbocycles. The molecule has 0 aliphatic heterocycles. The largest absolute Gasteiger partial charge is 0.444 e. The maximum absolute atomic E-state index is 11.6. The van der Waals surface area contributed by atoms with Crippen molar-refractivity contribution in [3.63, 3.8) is 0 Å². The number of rotatable bonds is 5. The van der Waals surface area contributed by atoms with Gasteiger partial charge in [0.1, 0.15) is 5.60 Å². The van der Waals surface area contributed by atoms with Gasteiger partial charge in [0.25, 0.3) is 0 Å². The third-order valence-corrected chi connectivity index (χ3v) is 3.13. The van der Waals surface area contributed by atoms with Crippen LogP contribution in [-0.2, 0) is 9.53 Å². The van der Waals surface area contributed by atoms with Crippen LogP contribution in [0.25, 0.3) is 0 Å². The Labute approximate surface area is 109 Å². The minimum atomic E-state index is -0.517. The number of carbonyl (C=O) groups excluding carboxylic acids is 2. The number of carbonyl (C=O) groups is 2. The van der Waals surface area contributed by atoms with Crippen molar-refractivity contribution in [3.05, 3.63) is 0 Å². The lowest BCUT2D eigenvalue weighted by Gasteiger charge is -2.19. The Morgan fingerprint density at radius 2 is 1.83 bits per heavy atom. The summed E-state index contributed by atoms with van der Waals surface area (Å²) in [5.74, 6) is 0.809. The molecule has 1 rings (SSSR count). The van der Waals surface area contributed by atoms with Crippen LogP contribution in [0.4, 0.5) is 4.79 Å². The zero-order chi connectivity index (χ0) is 13.6. The quantitative estimate of drug-likeness (QED) is 0.821. The highest BCUT2D eigenvalue weighted by atomic mass is 16.6. The molecule has 1 amide bonds. The minimum Gasteiger partial charge on any atom is -0.444 e. The summed E-state index contributed by atoms with van der Waals surface area (Å²) in [5.41, 5.74) is -0.517. The molecule has 104 valence electrons. The van der Waals surface area contributed by atoms with Crippen molar-refractivity contribution < 1.29 is 14.3 Å². The van der Waals surface area contributed by atoms with E-state index in [9.17, 15) is 9.59 Å². The van der Waals surface area contributed by atoms with Gasteiger partial charge >= 0.3 is 6.09 Å². The van der Waals surface area contributed by atoms with Gasteiger partial charge in [-0.05, 0) is 33.1 Å². The van der Waals surface area contributed by atoms with Crippen LogP contribution in [0.5, 0.6) is 0 Å². The van der Waals surface area contributed by atoms with E-state index in [1.54, 1.807) is 20.8 Å². The van der Waals surface area contributed by atoms with Crippen LogP contribution in [-0.4, -0.2) is 24.0 Å². The van der Waals surface area contributed by atoms with Gasteiger partial charge in [0.15, 0.2) is 5.78 Å². The molecule has 0 atom stereocenters. The molecule has 0 radical (unpaired) electrons. The molecule has 0 aromatic rings. The Hall–Kier alpha value is -1.06. The molecule has 1 aliphatic carbocycles. The molecule has 0 saturated heterocycles. The van der Waals surface area contributed by atoms with Crippen molar-refractivity contribution >= 4 is 11.9 Å². The number of alkyl carbamates (subject to hydrolysis) is 1. The summed E-state index contributed by atoms with van der Waals surface area (Å²) in [5, 5.41) is 2.50. The molecule has 1 fully saturated rings. The molecule has 0 heterocycles. The van der Waals surface area contributed by atoms with E-state index in [0.717, 1.165) is 12.3 Å². The molecule has 18 heavy (non-hydrogen) atoms. The van der Waals surface area contributed by atoms with E-state index in [2.05, 4.69) is 5.32 Å². The van der Waals surface area contributed by atoms with Crippen molar-refractivity contribution in [1.29, 1.82) is 0 Å². The van der Waals surface area contributed by atoms with Gasteiger partial charge in [-0.1, -0.05) is 25.7 Å². The van der Waals surface area contributed by atoms with E-state index in [1.165, 1.54) is 25.7 Å². The van der Waals surface area contributed by atoms with Gasteiger partial charge < -0.3 is 10.1 Å². The van der Waals surface area contributed by atoms with Gasteiger partial charge in [-0.15, -0.1) is 0 Å². The van der Waals surface area contributed by atoms with Crippen LogP contribution in [0, 0.1) is 5.92 Å². The van der Waals surface area contributed by atoms with Gasteiger partial charge in [0.05, 0.1) is 6.54 Å². The average molecular weight is 255 g/mol. The Morgan fingerprint density at radius 1 is 1.22 bits per heavy atom. The lowest BCUT2D eigenvalue weighted by molar-refractivity contribution is -0.118. The number of nitrogens with one attached hydrogen (secondary N) is 1. The van der Waals surface area contributed by atoms with Crippen molar-refractivity contribution in [2.24, 2.45) is 5.92 Å². The SMILES string of the molecule is CC(C)(C)OC(=O)NCC(=O)CCC1CCCC1. The highest BCUT2D eigenvalue weighted by molar-refractivity contribution is 5.83. The molecule has 1 aliphatic rings. The first-order valence-electron chi connectivity index (χ1n) is 6.85. The van der Waals surface area contributed by atoms with E-state index in [4.69, 9.17) is 4.74 Å². The number of amides is 1. The second kappa shape index (κ2) is 6.76. The van der Waals surface area contributed by atoms with E-state index >= 15 is 0 Å². The van der Waals surface area contributed by atoms with Crippen molar-refractivity contribution in [2.75, 3.05) is 6.54 Å². The first-order chi connectivity index (χ1) is 8.37. The van der Waals surface area contributed by atoms with Crippen molar-refractivity contribution in [2.45, 2.75) is 64.9 Å². The summed E-state index contributed by atoms with van der Waals surface area (Å²) in [7, 11) is 0. The summed E-state index contributed by atoms with van der Waals surface area (Å²) in [4.78, 5) is 22.9. The molecule has 0 unspecified atom stereocenters. The highest BCUT2D eigenvalue weighted by Crippen LogP contribution is 2.28. The standard InChI is InChI=1S/C14H25NO3/c1-14(2,3)18-13(17)15-10-12(16)9-8-11-6-4-5-7-11/h11H,4-10H2,1-3H3,(H,15,17). The van der Waals surface area contributed by atoms with Crippen LogP contribution >= 0.6 is 0 Å². The predicted molar refractivity (Wildman–Crippen MR) is 70.4 cm³/mol. The van der Waals surface area contributed by atoms with E-state index in [0.29, 0.717) is 6.42 Å². The average Bonchev–Trinajstić information content (AvgIpc) is 2.74. The maximum atomic E-state index is 11.6. The Bertz CT molecular complexity index is 288. The molecule has 1 N–H and O–H groups in total. The molecule has 4 heteroatoms. The Morgan fingerprint density at radius 3 is 2.39 bits per heavy atom. The molecule has 1 saturated carbocycles. The highest BCUT2D eigenvalue weighted by Gasteiger charge is 2.18. The summed E-state index contributed by atoms with van der Waals surface area (Å²) in [6, 6.07) is 0. The van der Waals surface area contributed by atoms with Crippen LogP contribution in [0.2, 0.25) is 0 Å². The predicted octanol–water partition coefficient (Wildman–Crippen LogP) is 3.05.